The Labute approximate surface area is 164 Å². The van der Waals surface area contributed by atoms with Crippen LogP contribution in [0, 0.1) is 0 Å². The Morgan fingerprint density at radius 3 is 2.67 bits per heavy atom. The lowest BCUT2D eigenvalue weighted by Gasteiger charge is -2.23. The predicted molar refractivity (Wildman–Crippen MR) is 108 cm³/mol. The molecule has 6 nitrogen and oxygen atoms in total. The number of fused-ring (bicyclic) bond motifs is 1. The summed E-state index contributed by atoms with van der Waals surface area (Å²) in [6.07, 6.45) is 1.85. The van der Waals surface area contributed by atoms with Crippen molar-refractivity contribution in [3.63, 3.8) is 0 Å². The van der Waals surface area contributed by atoms with E-state index in [9.17, 15) is 4.79 Å². The summed E-state index contributed by atoms with van der Waals surface area (Å²) in [6.45, 7) is 11.8. The summed E-state index contributed by atoms with van der Waals surface area (Å²) in [4.78, 5) is 17.0. The number of thioether (sulfide) groups is 1. The monoisotopic (exact) mass is 389 g/mol. The molecule has 1 aromatic carbocycles. The first-order valence-corrected chi connectivity index (χ1v) is 10.1. The Balaban J connectivity index is 1.82. The number of aromatic nitrogens is 2. The zero-order valence-corrected chi connectivity index (χ0v) is 17.4. The summed E-state index contributed by atoms with van der Waals surface area (Å²) < 4.78 is 13.4. The third-order valence-electron chi connectivity index (χ3n) is 4.12. The van der Waals surface area contributed by atoms with E-state index in [0.29, 0.717) is 13.2 Å². The minimum atomic E-state index is -0.248. The average molecular weight is 390 g/mol. The van der Waals surface area contributed by atoms with Crippen molar-refractivity contribution in [2.45, 2.75) is 57.1 Å². The Morgan fingerprint density at radius 1 is 1.30 bits per heavy atom. The molecule has 1 aromatic heterocycles. The Bertz CT molecular complexity index is 826. The van der Waals surface area contributed by atoms with Gasteiger partial charge in [0.15, 0.2) is 16.7 Å². The molecule has 1 amide bonds. The number of nitrogens with zero attached hydrogens (tertiary/aromatic N) is 2. The summed E-state index contributed by atoms with van der Waals surface area (Å²) in [5.74, 6) is 1.54. The van der Waals surface area contributed by atoms with E-state index in [4.69, 9.17) is 9.47 Å². The predicted octanol–water partition coefficient (Wildman–Crippen LogP) is 3.74. The molecule has 1 atom stereocenters. The van der Waals surface area contributed by atoms with Gasteiger partial charge in [-0.25, -0.2) is 4.98 Å². The first-order valence-electron chi connectivity index (χ1n) is 9.22. The van der Waals surface area contributed by atoms with Crippen LogP contribution >= 0.6 is 11.8 Å². The van der Waals surface area contributed by atoms with Gasteiger partial charge in [0.2, 0.25) is 5.91 Å². The molecule has 146 valence electrons. The molecule has 2 aromatic rings. The van der Waals surface area contributed by atoms with E-state index in [-0.39, 0.29) is 16.7 Å². The molecule has 0 saturated heterocycles. The molecule has 1 aliphatic heterocycles. The topological polar surface area (TPSA) is 65.4 Å². The number of hydrogen-bond acceptors (Lipinski definition) is 5. The van der Waals surface area contributed by atoms with Crippen molar-refractivity contribution in [3.8, 4) is 22.8 Å². The second kappa shape index (κ2) is 7.84. The standard InChI is InChI=1S/C20H27N3O3S/c1-6-23-15(14-7-8-16-17(11-14)26-10-9-25-16)12-21-19(23)27-13(2)18(24)22-20(3,4)5/h7-8,11-13H,6,9-10H2,1-5H3,(H,22,24). The fourth-order valence-corrected chi connectivity index (χ4v) is 3.82. The van der Waals surface area contributed by atoms with Crippen LogP contribution in [0.2, 0.25) is 0 Å². The smallest absolute Gasteiger partial charge is 0.233 e. The van der Waals surface area contributed by atoms with Crippen molar-refractivity contribution in [2.75, 3.05) is 13.2 Å². The molecular weight excluding hydrogens is 362 g/mol. The van der Waals surface area contributed by atoms with Crippen molar-refractivity contribution >= 4 is 17.7 Å². The largest absolute Gasteiger partial charge is 0.486 e. The lowest BCUT2D eigenvalue weighted by Crippen LogP contribution is -2.44. The summed E-state index contributed by atoms with van der Waals surface area (Å²) >= 11 is 1.47. The van der Waals surface area contributed by atoms with Gasteiger partial charge in [0, 0.05) is 17.6 Å². The zero-order chi connectivity index (χ0) is 19.6. The molecule has 1 N–H and O–H groups in total. The fraction of sp³-hybridized carbons (Fsp3) is 0.500. The lowest BCUT2D eigenvalue weighted by atomic mass is 10.1. The van der Waals surface area contributed by atoms with Gasteiger partial charge in [-0.15, -0.1) is 0 Å². The van der Waals surface area contributed by atoms with E-state index >= 15 is 0 Å². The highest BCUT2D eigenvalue weighted by molar-refractivity contribution is 8.00. The van der Waals surface area contributed by atoms with Crippen LogP contribution in [0.1, 0.15) is 34.6 Å². The van der Waals surface area contributed by atoms with Gasteiger partial charge < -0.3 is 19.4 Å². The van der Waals surface area contributed by atoms with E-state index in [0.717, 1.165) is 34.5 Å². The van der Waals surface area contributed by atoms with E-state index in [1.165, 1.54) is 11.8 Å². The van der Waals surface area contributed by atoms with Gasteiger partial charge in [0.1, 0.15) is 13.2 Å². The van der Waals surface area contributed by atoms with Gasteiger partial charge in [-0.2, -0.15) is 0 Å². The third-order valence-corrected chi connectivity index (χ3v) is 5.23. The van der Waals surface area contributed by atoms with Crippen LogP contribution in [0.5, 0.6) is 11.5 Å². The minimum Gasteiger partial charge on any atom is -0.486 e. The Hall–Kier alpha value is -2.15. The minimum absolute atomic E-state index is 0.0130. The number of carbonyl (C=O) groups excluding carboxylic acids is 1. The molecule has 1 aliphatic rings. The van der Waals surface area contributed by atoms with Gasteiger partial charge >= 0.3 is 0 Å². The van der Waals surface area contributed by atoms with Crippen molar-refractivity contribution in [1.82, 2.24) is 14.9 Å². The number of imidazole rings is 1. The number of hydrogen-bond donors (Lipinski definition) is 1. The zero-order valence-electron chi connectivity index (χ0n) is 16.5. The first-order chi connectivity index (χ1) is 12.8. The summed E-state index contributed by atoms with van der Waals surface area (Å²) in [6, 6.07) is 5.94. The highest BCUT2D eigenvalue weighted by Gasteiger charge is 2.23. The van der Waals surface area contributed by atoms with Crippen LogP contribution in [-0.4, -0.2) is 39.5 Å². The Morgan fingerprint density at radius 2 is 2.00 bits per heavy atom. The second-order valence-electron chi connectivity index (χ2n) is 7.53. The summed E-state index contributed by atoms with van der Waals surface area (Å²) in [5.41, 5.74) is 1.77. The lowest BCUT2D eigenvalue weighted by molar-refractivity contribution is -0.121. The SMILES string of the molecule is CCn1c(-c2ccc3c(c2)OCCO3)cnc1SC(C)C(=O)NC(C)(C)C. The van der Waals surface area contributed by atoms with Gasteiger partial charge in [0.05, 0.1) is 17.1 Å². The molecule has 3 rings (SSSR count). The molecule has 0 saturated carbocycles. The quantitative estimate of drug-likeness (QED) is 0.789. The fourth-order valence-electron chi connectivity index (χ4n) is 2.87. The van der Waals surface area contributed by atoms with E-state index in [1.54, 1.807) is 0 Å². The van der Waals surface area contributed by atoms with Crippen molar-refractivity contribution in [1.29, 1.82) is 0 Å². The van der Waals surface area contributed by atoms with E-state index in [1.807, 2.05) is 52.1 Å². The maximum absolute atomic E-state index is 12.4. The van der Waals surface area contributed by atoms with Crippen LogP contribution < -0.4 is 14.8 Å². The van der Waals surface area contributed by atoms with Crippen LogP contribution in [0.25, 0.3) is 11.3 Å². The normalized spacial score (nSPS) is 14.7. The molecule has 0 fully saturated rings. The molecule has 0 bridgehead atoms. The molecule has 27 heavy (non-hydrogen) atoms. The van der Waals surface area contributed by atoms with Crippen LogP contribution in [0.3, 0.4) is 0 Å². The molecular formula is C20H27N3O3S. The molecule has 0 aliphatic carbocycles. The number of carbonyl (C=O) groups is 1. The van der Waals surface area contributed by atoms with Crippen molar-refractivity contribution in [2.24, 2.45) is 0 Å². The van der Waals surface area contributed by atoms with Crippen molar-refractivity contribution < 1.29 is 14.3 Å². The first kappa shape index (κ1) is 19.6. The number of benzene rings is 1. The van der Waals surface area contributed by atoms with Crippen LogP contribution in [0.4, 0.5) is 0 Å². The maximum Gasteiger partial charge on any atom is 0.233 e. The summed E-state index contributed by atoms with van der Waals surface area (Å²) in [5, 5.41) is 3.62. The molecule has 7 heteroatoms. The van der Waals surface area contributed by atoms with Gasteiger partial charge in [-0.05, 0) is 52.8 Å². The molecule has 2 heterocycles. The highest BCUT2D eigenvalue weighted by atomic mass is 32.2. The van der Waals surface area contributed by atoms with Crippen LogP contribution in [0.15, 0.2) is 29.6 Å². The maximum atomic E-state index is 12.4. The number of ether oxygens (including phenoxy) is 2. The number of rotatable bonds is 5. The van der Waals surface area contributed by atoms with Gasteiger partial charge in [-0.3, -0.25) is 4.79 Å². The van der Waals surface area contributed by atoms with Crippen molar-refractivity contribution in [3.05, 3.63) is 24.4 Å². The highest BCUT2D eigenvalue weighted by Crippen LogP contribution is 2.36. The number of nitrogens with one attached hydrogen (secondary N) is 1. The van der Waals surface area contributed by atoms with Gasteiger partial charge in [0.25, 0.3) is 0 Å². The van der Waals surface area contributed by atoms with Crippen LogP contribution in [-0.2, 0) is 11.3 Å². The number of amides is 1. The molecule has 0 spiro atoms. The van der Waals surface area contributed by atoms with E-state index in [2.05, 4.69) is 21.8 Å². The Kier molecular flexibility index (Phi) is 5.69. The second-order valence-corrected chi connectivity index (χ2v) is 8.84. The van der Waals surface area contributed by atoms with Gasteiger partial charge in [-0.1, -0.05) is 11.8 Å². The van der Waals surface area contributed by atoms with E-state index < -0.39 is 0 Å². The average Bonchev–Trinajstić information content (AvgIpc) is 3.02. The molecule has 1 unspecified atom stereocenters. The summed E-state index contributed by atoms with van der Waals surface area (Å²) in [7, 11) is 0. The third kappa shape index (κ3) is 4.58. The molecule has 0 radical (unpaired) electrons.